The summed E-state index contributed by atoms with van der Waals surface area (Å²) in [5.74, 6) is 1.30. The lowest BCUT2D eigenvalue weighted by atomic mass is 10.2. The van der Waals surface area contributed by atoms with Crippen LogP contribution in [0, 0.1) is 6.92 Å². The first-order valence-electron chi connectivity index (χ1n) is 5.23. The summed E-state index contributed by atoms with van der Waals surface area (Å²) < 4.78 is 5.35. The zero-order valence-corrected chi connectivity index (χ0v) is 9.08. The molecule has 2 N–H and O–H groups in total. The van der Waals surface area contributed by atoms with E-state index in [2.05, 4.69) is 20.6 Å². The van der Waals surface area contributed by atoms with Crippen LogP contribution in [0.2, 0.25) is 0 Å². The molecule has 0 radical (unpaired) electrons. The van der Waals surface area contributed by atoms with Gasteiger partial charge in [-0.3, -0.25) is 0 Å². The average molecular weight is 208 g/mol. The van der Waals surface area contributed by atoms with E-state index in [1.807, 2.05) is 19.9 Å². The Balaban J connectivity index is 2.07. The van der Waals surface area contributed by atoms with Gasteiger partial charge in [-0.15, -0.1) is 0 Å². The van der Waals surface area contributed by atoms with Crippen LogP contribution in [0.1, 0.15) is 12.6 Å². The zero-order valence-electron chi connectivity index (χ0n) is 9.08. The Morgan fingerprint density at radius 1 is 1.53 bits per heavy atom. The molecule has 5 heteroatoms. The molecule has 82 valence electrons. The molecule has 5 nitrogen and oxygen atoms in total. The molecule has 0 spiro atoms. The predicted molar refractivity (Wildman–Crippen MR) is 58.2 cm³/mol. The van der Waals surface area contributed by atoms with Crippen molar-refractivity contribution in [1.82, 2.24) is 15.3 Å². The third-order valence-electron chi connectivity index (χ3n) is 2.24. The number of ether oxygens (including phenoxy) is 1. The summed E-state index contributed by atoms with van der Waals surface area (Å²) in [5.41, 5.74) is 0.920. The van der Waals surface area contributed by atoms with Crippen LogP contribution in [-0.2, 0) is 0 Å². The number of aromatic nitrogens is 2. The molecular weight excluding hydrogens is 192 g/mol. The van der Waals surface area contributed by atoms with E-state index in [9.17, 15) is 0 Å². The molecular formula is C10H16N4O. The van der Waals surface area contributed by atoms with Gasteiger partial charge in [0, 0.05) is 24.8 Å². The predicted octanol–water partition coefficient (Wildman–Crippen LogP) is 0.567. The Bertz CT molecular complexity index is 338. The minimum absolute atomic E-state index is 0.446. The van der Waals surface area contributed by atoms with Gasteiger partial charge in [0.25, 0.3) is 0 Å². The molecule has 0 aliphatic carbocycles. The van der Waals surface area contributed by atoms with E-state index in [-0.39, 0.29) is 0 Å². The second-order valence-electron chi connectivity index (χ2n) is 3.60. The number of nitrogens with zero attached hydrogens (tertiary/aromatic N) is 2. The maximum absolute atomic E-state index is 5.35. The zero-order chi connectivity index (χ0) is 10.7. The molecule has 2 rings (SSSR count). The Morgan fingerprint density at radius 3 is 2.93 bits per heavy atom. The van der Waals surface area contributed by atoms with Gasteiger partial charge in [-0.05, 0) is 13.8 Å². The lowest BCUT2D eigenvalue weighted by Crippen LogP contribution is -2.51. The molecule has 1 aliphatic rings. The fraction of sp³-hybridized carbons (Fsp3) is 0.600. The van der Waals surface area contributed by atoms with Crippen LogP contribution in [-0.4, -0.2) is 35.7 Å². The lowest BCUT2D eigenvalue weighted by molar-refractivity contribution is 0.326. The Morgan fingerprint density at radius 2 is 2.33 bits per heavy atom. The van der Waals surface area contributed by atoms with E-state index < -0.39 is 0 Å². The van der Waals surface area contributed by atoms with E-state index in [0.717, 1.165) is 18.8 Å². The topological polar surface area (TPSA) is 59.1 Å². The quantitative estimate of drug-likeness (QED) is 0.757. The molecule has 1 aliphatic heterocycles. The Kier molecular flexibility index (Phi) is 3.01. The lowest BCUT2D eigenvalue weighted by Gasteiger charge is -2.27. The summed E-state index contributed by atoms with van der Waals surface area (Å²) in [6.07, 6.45) is 0. The highest BCUT2D eigenvalue weighted by Gasteiger charge is 2.17. The first kappa shape index (κ1) is 10.2. The summed E-state index contributed by atoms with van der Waals surface area (Å²) >= 11 is 0. The van der Waals surface area contributed by atoms with Gasteiger partial charge in [0.15, 0.2) is 0 Å². The second kappa shape index (κ2) is 4.44. The van der Waals surface area contributed by atoms with Gasteiger partial charge in [0.1, 0.15) is 0 Å². The first-order chi connectivity index (χ1) is 7.28. The summed E-state index contributed by atoms with van der Waals surface area (Å²) in [4.78, 5) is 8.58. The fourth-order valence-corrected chi connectivity index (χ4v) is 1.40. The van der Waals surface area contributed by atoms with Crippen molar-refractivity contribution in [1.29, 1.82) is 0 Å². The number of nitrogens with one attached hydrogen (secondary N) is 2. The molecule has 15 heavy (non-hydrogen) atoms. The molecule has 0 saturated carbocycles. The number of rotatable bonds is 4. The van der Waals surface area contributed by atoms with Gasteiger partial charge in [-0.2, -0.15) is 4.98 Å². The van der Waals surface area contributed by atoms with Gasteiger partial charge in [0.2, 0.25) is 11.8 Å². The van der Waals surface area contributed by atoms with Gasteiger partial charge in [0.05, 0.1) is 12.6 Å². The average Bonchev–Trinajstić information content (AvgIpc) is 2.11. The molecule has 1 saturated heterocycles. The van der Waals surface area contributed by atoms with Gasteiger partial charge in [-0.1, -0.05) is 0 Å². The summed E-state index contributed by atoms with van der Waals surface area (Å²) in [6, 6.07) is 2.29. The van der Waals surface area contributed by atoms with E-state index >= 15 is 0 Å². The van der Waals surface area contributed by atoms with Gasteiger partial charge < -0.3 is 15.4 Å². The maximum Gasteiger partial charge on any atom is 0.226 e. The Labute approximate surface area is 89.3 Å². The molecule has 1 aromatic rings. The molecule has 1 fully saturated rings. The number of hydrogen-bond acceptors (Lipinski definition) is 5. The van der Waals surface area contributed by atoms with Crippen molar-refractivity contribution < 1.29 is 4.74 Å². The van der Waals surface area contributed by atoms with Crippen LogP contribution in [0.25, 0.3) is 0 Å². The molecule has 1 aromatic heterocycles. The van der Waals surface area contributed by atoms with Crippen LogP contribution in [0.15, 0.2) is 6.07 Å². The fourth-order valence-electron chi connectivity index (χ4n) is 1.40. The largest absolute Gasteiger partial charge is 0.478 e. The normalized spacial score (nSPS) is 15.9. The molecule has 2 heterocycles. The van der Waals surface area contributed by atoms with Crippen molar-refractivity contribution in [2.75, 3.05) is 25.0 Å². The van der Waals surface area contributed by atoms with Crippen molar-refractivity contribution in [3.05, 3.63) is 11.8 Å². The molecule has 0 atom stereocenters. The van der Waals surface area contributed by atoms with Crippen LogP contribution in [0.4, 0.5) is 5.95 Å². The first-order valence-corrected chi connectivity index (χ1v) is 5.23. The smallest absolute Gasteiger partial charge is 0.226 e. The highest BCUT2D eigenvalue weighted by atomic mass is 16.5. The summed E-state index contributed by atoms with van der Waals surface area (Å²) in [6.45, 7) is 6.46. The highest BCUT2D eigenvalue weighted by Crippen LogP contribution is 2.13. The van der Waals surface area contributed by atoms with Gasteiger partial charge >= 0.3 is 0 Å². The summed E-state index contributed by atoms with van der Waals surface area (Å²) in [7, 11) is 0. The minimum atomic E-state index is 0.446. The second-order valence-corrected chi connectivity index (χ2v) is 3.60. The van der Waals surface area contributed by atoms with E-state index in [1.165, 1.54) is 0 Å². The van der Waals surface area contributed by atoms with Crippen molar-refractivity contribution in [2.24, 2.45) is 0 Å². The standard InChI is InChI=1S/C10H16N4O/c1-3-15-9-4-7(2)12-10(14-9)13-8-5-11-6-8/h4,8,11H,3,5-6H2,1-2H3,(H,12,13,14). The van der Waals surface area contributed by atoms with E-state index in [0.29, 0.717) is 24.5 Å². The number of aryl methyl sites for hydroxylation is 1. The van der Waals surface area contributed by atoms with Crippen molar-refractivity contribution >= 4 is 5.95 Å². The SMILES string of the molecule is CCOc1cc(C)nc(NC2CNC2)n1. The van der Waals surface area contributed by atoms with Crippen molar-refractivity contribution in [2.45, 2.75) is 19.9 Å². The highest BCUT2D eigenvalue weighted by molar-refractivity contribution is 5.32. The monoisotopic (exact) mass is 208 g/mol. The number of anilines is 1. The molecule has 0 aromatic carbocycles. The molecule has 0 unspecified atom stereocenters. The van der Waals surface area contributed by atoms with Gasteiger partial charge in [-0.25, -0.2) is 4.98 Å². The summed E-state index contributed by atoms with van der Waals surface area (Å²) in [5, 5.41) is 6.44. The third kappa shape index (κ3) is 2.56. The van der Waals surface area contributed by atoms with Crippen molar-refractivity contribution in [3.63, 3.8) is 0 Å². The molecule has 0 bridgehead atoms. The van der Waals surface area contributed by atoms with Crippen LogP contribution in [0.3, 0.4) is 0 Å². The van der Waals surface area contributed by atoms with Crippen molar-refractivity contribution in [3.8, 4) is 5.88 Å². The third-order valence-corrected chi connectivity index (χ3v) is 2.24. The van der Waals surface area contributed by atoms with Crippen LogP contribution >= 0.6 is 0 Å². The number of hydrogen-bond donors (Lipinski definition) is 2. The molecule has 0 amide bonds. The van der Waals surface area contributed by atoms with Crippen LogP contribution < -0.4 is 15.4 Å². The minimum Gasteiger partial charge on any atom is -0.478 e. The Hall–Kier alpha value is -1.36. The van der Waals surface area contributed by atoms with Crippen LogP contribution in [0.5, 0.6) is 5.88 Å². The van der Waals surface area contributed by atoms with E-state index in [4.69, 9.17) is 4.74 Å². The van der Waals surface area contributed by atoms with E-state index in [1.54, 1.807) is 0 Å². The maximum atomic E-state index is 5.35.